The van der Waals surface area contributed by atoms with E-state index in [0.717, 1.165) is 189 Å². The van der Waals surface area contributed by atoms with Crippen LogP contribution >= 0.6 is 46.4 Å². The zero-order chi connectivity index (χ0) is 96.5. The molecule has 0 aromatic heterocycles. The maximum atomic E-state index is 14.3. The van der Waals surface area contributed by atoms with Crippen LogP contribution in [0.15, 0.2) is 0 Å². The van der Waals surface area contributed by atoms with Crippen molar-refractivity contribution in [3.8, 4) is 0 Å². The van der Waals surface area contributed by atoms with Crippen LogP contribution in [0.3, 0.4) is 0 Å². The summed E-state index contributed by atoms with van der Waals surface area (Å²) in [5, 5.41) is -1.24. The highest BCUT2D eigenvalue weighted by atomic mass is 35.5. The number of hydrogen-bond donors (Lipinski definition) is 0. The van der Waals surface area contributed by atoms with Crippen LogP contribution in [0.25, 0.3) is 0 Å². The molecular formula is C112H224Cl4F12O12. The molecule has 140 heavy (non-hydrogen) atoms. The van der Waals surface area contributed by atoms with E-state index >= 15 is 0 Å². The van der Waals surface area contributed by atoms with Gasteiger partial charge in [0.15, 0.2) is 12.3 Å². The molecule has 0 heterocycles. The van der Waals surface area contributed by atoms with Crippen LogP contribution in [0.5, 0.6) is 0 Å². The molecule has 12 nitrogen and oxygen atoms in total. The molecule has 0 aliphatic heterocycles. The third-order valence-electron chi connectivity index (χ3n) is 38.8. The molecule has 28 heteroatoms. The van der Waals surface area contributed by atoms with Gasteiger partial charge in [-0.3, -0.25) is 0 Å². The maximum Gasteiger partial charge on any atom is 0.157 e. The van der Waals surface area contributed by atoms with Crippen molar-refractivity contribution < 1.29 is 127 Å². The van der Waals surface area contributed by atoms with Gasteiger partial charge >= 0.3 is 0 Å². The predicted octanol–water partition coefficient (Wildman–Crippen LogP) is 30.2. The van der Waals surface area contributed by atoms with Crippen LogP contribution in [-0.2, 0) is 18.9 Å². The Balaban J connectivity index is -0.000000248. The Bertz CT molecular complexity index is 2710. The summed E-state index contributed by atoms with van der Waals surface area (Å²) in [6, 6.07) is 0. The van der Waals surface area contributed by atoms with Crippen LogP contribution in [0.2, 0.25) is 0 Å². The molecule has 0 amide bonds. The number of rotatable bonds is 12. The van der Waals surface area contributed by atoms with Gasteiger partial charge in [-0.15, -0.1) is 46.4 Å². The fraction of sp³-hybridized carbons (Fsp3) is 1.00. The van der Waals surface area contributed by atoms with Gasteiger partial charge < -0.3 is 62.8 Å². The largest absolute Gasteiger partial charge is 0.412 e. The smallest absolute Gasteiger partial charge is 0.157 e. The maximum absolute atomic E-state index is 14.3. The summed E-state index contributed by atoms with van der Waals surface area (Å²) < 4.78 is 188. The van der Waals surface area contributed by atoms with Crippen molar-refractivity contribution in [1.82, 2.24) is 0 Å². The first-order valence-corrected chi connectivity index (χ1v) is 57.0. The minimum atomic E-state index is -1.42. The number of ether oxygens (including phenoxy) is 4. The number of alkyl halides is 16. The van der Waals surface area contributed by atoms with E-state index < -0.39 is 91.6 Å². The first-order chi connectivity index (χ1) is 62.9. The average molecular weight is 2130 g/mol. The summed E-state index contributed by atoms with van der Waals surface area (Å²) in [5.41, 5.74) is 0. The molecule has 16 rings (SSSR count). The second-order valence-electron chi connectivity index (χ2n) is 48.2. The Labute approximate surface area is 874 Å². The molecule has 0 bridgehead atoms. The van der Waals surface area contributed by atoms with Gasteiger partial charge in [0.1, 0.15) is 61.7 Å². The SMILES string of the molecule is CC1CCC(C2CCC(C)C(Cl)C2F)CC1.CC1CCC(C2CCC(C)C(F)C2Cl)CC1.CC1CCC(C2CCC(C)C(F)C2F)CC1.CC1CCC(C2CCC(C)C(F)C2F)CC1.COC1CCC(C2CCC(C)CC2)C(Cl)C1F.COC1CCC(C2CCC(C)CC2)C(F)C1Cl.COC1CCC(C2CCC(C)CC2)C(F)C1F.COC1CCC(C2CCC(C)CC2)C(F)C1F.O.O.O.O.O.O.O.O.[HH].[HH].[HH].[HH].[HH].[HH].[HH].[HH]. The summed E-state index contributed by atoms with van der Waals surface area (Å²) in [5.74, 6) is 12.2. The third kappa shape index (κ3) is 39.4. The zero-order valence-corrected chi connectivity index (χ0v) is 92.4. The van der Waals surface area contributed by atoms with Crippen molar-refractivity contribution in [1.29, 1.82) is 0 Å². The highest BCUT2D eigenvalue weighted by molar-refractivity contribution is 6.22. The second kappa shape index (κ2) is 68.8. The number of methoxy groups -OCH3 is 4. The second-order valence-corrected chi connectivity index (χ2v) is 50.2. The molecule has 0 saturated heterocycles. The third-order valence-corrected chi connectivity index (χ3v) is 41.1. The fourth-order valence-corrected chi connectivity index (χ4v) is 30.2. The standard InChI is InChI=1S/2C14H24ClFO.2C14H24ClF.2C14H24F2O.2C14H24F2.8H2O.8H2/c1-9-3-5-10(6-4-9)11-7-8-12(17-2)13(15)14(11)16;1-9-3-5-10(6-4-9)11-7-8-12(17-2)14(16)13(11)15;1-9-3-6-11(7-4-9)12-8-5-10(2)14(16)13(12)15;1-9-3-6-11(7-4-9)12-8-5-10(2)13(15)14(12)16;2*1-9-3-5-10(6-4-9)11-7-8-12(17-2)14(16)13(11)15;2*1-9-3-6-11(7-4-9)12-8-5-10(2)13(15)14(12)16;;;;;;;;;;;;;;;;/h2*9-14H,3-8H2,1-2H3;2*9-14H,3-8H2,1-2H3;2*9-14H,3-8H2,1-2H3;2*9-14H,3-8H2,1-2H3;8*1H2;8*1H. The van der Waals surface area contributed by atoms with Crippen LogP contribution in [0.4, 0.5) is 52.7 Å². The van der Waals surface area contributed by atoms with E-state index in [0.29, 0.717) is 77.9 Å². The highest BCUT2D eigenvalue weighted by Gasteiger charge is 2.51. The molecule has 32 unspecified atom stereocenters. The van der Waals surface area contributed by atoms with E-state index in [4.69, 9.17) is 65.4 Å². The van der Waals surface area contributed by atoms with E-state index in [9.17, 15) is 52.7 Å². The Morgan fingerprint density at radius 2 is 0.314 bits per heavy atom. The Morgan fingerprint density at radius 1 is 0.150 bits per heavy atom. The lowest BCUT2D eigenvalue weighted by Gasteiger charge is -2.41. The number of halogens is 16. The van der Waals surface area contributed by atoms with Crippen molar-refractivity contribution in [3.63, 3.8) is 0 Å². The molecule has 856 valence electrons. The summed E-state index contributed by atoms with van der Waals surface area (Å²) in [4.78, 5) is 0. The quantitative estimate of drug-likeness (QED) is 0.136. The monoisotopic (exact) mass is 2130 g/mol. The highest BCUT2D eigenvalue weighted by Crippen LogP contribution is 2.53. The Kier molecular flexibility index (Phi) is 67.7. The van der Waals surface area contributed by atoms with Gasteiger partial charge in [-0.2, -0.15) is 0 Å². The van der Waals surface area contributed by atoms with Gasteiger partial charge in [-0.25, -0.2) is 52.7 Å². The van der Waals surface area contributed by atoms with Gasteiger partial charge in [0.2, 0.25) is 0 Å². The molecule has 0 spiro atoms. The zero-order valence-electron chi connectivity index (χ0n) is 89.3. The van der Waals surface area contributed by atoms with Crippen LogP contribution < -0.4 is 0 Å². The van der Waals surface area contributed by atoms with Crippen LogP contribution in [-0.4, -0.2) is 192 Å². The van der Waals surface area contributed by atoms with E-state index in [1.165, 1.54) is 168 Å². The summed E-state index contributed by atoms with van der Waals surface area (Å²) in [7, 11) is 6.18. The van der Waals surface area contributed by atoms with Gasteiger partial charge in [0, 0.05) is 39.9 Å². The van der Waals surface area contributed by atoms with Gasteiger partial charge in [0.05, 0.1) is 45.9 Å². The topological polar surface area (TPSA) is 289 Å². The van der Waals surface area contributed by atoms with Gasteiger partial charge in [-0.05, 0) is 371 Å². The van der Waals surface area contributed by atoms with E-state index in [1.54, 1.807) is 14.2 Å². The fourth-order valence-electron chi connectivity index (χ4n) is 28.4. The van der Waals surface area contributed by atoms with E-state index in [2.05, 4.69) is 62.3 Å². The molecule has 16 N–H and O–H groups in total. The summed E-state index contributed by atoms with van der Waals surface area (Å²) in [6.45, 7) is 26.1. The molecule has 16 aliphatic rings. The lowest BCUT2D eigenvalue weighted by Crippen LogP contribution is -2.45. The normalized spacial score (nSPS) is 46.3. The van der Waals surface area contributed by atoms with Gasteiger partial charge in [-0.1, -0.05) is 186 Å². The van der Waals surface area contributed by atoms with E-state index in [1.807, 2.05) is 20.8 Å². The molecule has 0 aromatic rings. The Morgan fingerprint density at radius 3 is 0.557 bits per heavy atom. The van der Waals surface area contributed by atoms with Crippen molar-refractivity contribution in [2.24, 2.45) is 166 Å². The molecule has 16 aliphatic carbocycles. The van der Waals surface area contributed by atoms with Crippen LogP contribution in [0, 0.1) is 166 Å². The predicted molar refractivity (Wildman–Crippen MR) is 574 cm³/mol. The molecule has 0 radical (unpaired) electrons. The first kappa shape index (κ1) is 138. The summed E-state index contributed by atoms with van der Waals surface area (Å²) in [6.07, 6.45) is 38.0. The molecular weight excluding hydrogens is 1910 g/mol. The number of hydrogen-bond acceptors (Lipinski definition) is 4. The minimum Gasteiger partial charge on any atom is -0.412 e. The molecule has 16 saturated carbocycles. The molecule has 32 atom stereocenters. The van der Waals surface area contributed by atoms with Crippen molar-refractivity contribution >= 4 is 46.4 Å². The lowest BCUT2D eigenvalue weighted by atomic mass is 9.68. The molecule has 16 fully saturated rings. The first-order valence-electron chi connectivity index (χ1n) is 55.3. The summed E-state index contributed by atoms with van der Waals surface area (Å²) >= 11 is 25.0. The minimum absolute atomic E-state index is 0. The lowest BCUT2D eigenvalue weighted by molar-refractivity contribution is -0.0717. The molecule has 0 aromatic carbocycles. The Hall–Kier alpha value is -0.160. The van der Waals surface area contributed by atoms with Crippen LogP contribution in [0.1, 0.15) is 403 Å². The van der Waals surface area contributed by atoms with Crippen molar-refractivity contribution in [2.45, 2.75) is 511 Å². The van der Waals surface area contributed by atoms with Gasteiger partial charge in [0.25, 0.3) is 0 Å². The van der Waals surface area contributed by atoms with Crippen molar-refractivity contribution in [3.05, 3.63) is 0 Å². The van der Waals surface area contributed by atoms with Crippen molar-refractivity contribution in [2.75, 3.05) is 28.4 Å². The average Bonchev–Trinajstić information content (AvgIpc) is 0.814. The van der Waals surface area contributed by atoms with E-state index in [-0.39, 0.29) is 137 Å².